The Morgan fingerprint density at radius 2 is 1.90 bits per heavy atom. The Bertz CT molecular complexity index is 900. The third-order valence-corrected chi connectivity index (χ3v) is 4.93. The molecule has 30 heavy (non-hydrogen) atoms. The summed E-state index contributed by atoms with van der Waals surface area (Å²) in [6, 6.07) is 11.1. The number of fused-ring (bicyclic) bond motifs is 1. The molecule has 1 N–H and O–H groups in total. The number of hydrogen-bond acceptors (Lipinski definition) is 5. The first-order valence-electron chi connectivity index (χ1n) is 10.4. The lowest BCUT2D eigenvalue weighted by Gasteiger charge is -2.18. The van der Waals surface area contributed by atoms with E-state index in [1.165, 1.54) is 6.07 Å². The van der Waals surface area contributed by atoms with E-state index in [9.17, 15) is 9.59 Å². The number of carbonyl (C=O) groups is 2. The van der Waals surface area contributed by atoms with Crippen molar-refractivity contribution in [2.75, 3.05) is 20.8 Å². The summed E-state index contributed by atoms with van der Waals surface area (Å²) in [7, 11) is 3.18. The van der Waals surface area contributed by atoms with Crippen molar-refractivity contribution in [1.29, 1.82) is 0 Å². The van der Waals surface area contributed by atoms with Crippen molar-refractivity contribution in [3.63, 3.8) is 0 Å². The molecule has 0 unspecified atom stereocenters. The summed E-state index contributed by atoms with van der Waals surface area (Å²) in [4.78, 5) is 24.9. The summed E-state index contributed by atoms with van der Waals surface area (Å²) < 4.78 is 16.7. The molecule has 164 valence electrons. The Labute approximate surface area is 180 Å². The van der Waals surface area contributed by atoms with E-state index in [-0.39, 0.29) is 26.0 Å². The summed E-state index contributed by atoms with van der Waals surface area (Å²) in [5.74, 6) is 0.386. The minimum absolute atomic E-state index is 0. The Balaban J connectivity index is 0.00000156. The molecule has 0 radical (unpaired) electrons. The second-order valence-electron chi connectivity index (χ2n) is 6.56. The summed E-state index contributed by atoms with van der Waals surface area (Å²) in [5, 5.41) is 2.62. The minimum Gasteiger partial charge on any atom is -0.497 e. The fraction of sp³-hybridized carbons (Fsp3) is 0.417. The Morgan fingerprint density at radius 3 is 2.50 bits per heavy atom. The van der Waals surface area contributed by atoms with E-state index in [0.717, 1.165) is 23.3 Å². The maximum absolute atomic E-state index is 12.5. The molecule has 1 heterocycles. The average molecular weight is 416 g/mol. The smallest absolute Gasteiger partial charge is 0.338 e. The molecule has 0 aromatic heterocycles. The molecule has 1 amide bonds. The largest absolute Gasteiger partial charge is 0.497 e. The predicted octanol–water partition coefficient (Wildman–Crippen LogP) is 4.81. The summed E-state index contributed by atoms with van der Waals surface area (Å²) in [6.07, 6.45) is 0.598. The fourth-order valence-corrected chi connectivity index (χ4v) is 3.62. The molecule has 3 rings (SSSR count). The molecule has 0 bridgehead atoms. The van der Waals surface area contributed by atoms with Crippen molar-refractivity contribution in [3.8, 4) is 11.5 Å². The van der Waals surface area contributed by atoms with Crippen LogP contribution < -0.4 is 14.8 Å². The maximum Gasteiger partial charge on any atom is 0.338 e. The lowest BCUT2D eigenvalue weighted by molar-refractivity contribution is 0.0526. The van der Waals surface area contributed by atoms with Gasteiger partial charge in [0.25, 0.3) is 5.91 Å². The summed E-state index contributed by atoms with van der Waals surface area (Å²) >= 11 is 0. The van der Waals surface area contributed by atoms with Gasteiger partial charge in [-0.25, -0.2) is 4.79 Å². The van der Waals surface area contributed by atoms with E-state index < -0.39 is 5.97 Å². The highest BCUT2D eigenvalue weighted by Crippen LogP contribution is 2.46. The van der Waals surface area contributed by atoms with E-state index in [1.54, 1.807) is 27.1 Å². The normalized spacial score (nSPS) is 16.5. The fourth-order valence-electron chi connectivity index (χ4n) is 3.62. The van der Waals surface area contributed by atoms with Crippen LogP contribution in [0.25, 0.3) is 0 Å². The SMILES string of the molecule is CC.CCOC(=O)c1cc(C(=O)NC)c2c(c1)[C@H](c1cccc(OC)c1)[C@@H](CC)O2.[HH]. The van der Waals surface area contributed by atoms with Gasteiger partial charge in [0.1, 0.15) is 17.6 Å². The van der Waals surface area contributed by atoms with Gasteiger partial charge in [-0.05, 0) is 43.2 Å². The molecular weight excluding hydrogens is 382 g/mol. The first-order chi connectivity index (χ1) is 14.5. The van der Waals surface area contributed by atoms with Gasteiger partial charge in [-0.15, -0.1) is 0 Å². The van der Waals surface area contributed by atoms with Gasteiger partial charge in [-0.3, -0.25) is 4.79 Å². The molecule has 2 aromatic rings. The van der Waals surface area contributed by atoms with Crippen LogP contribution in [0, 0.1) is 0 Å². The number of esters is 1. The zero-order chi connectivity index (χ0) is 22.3. The van der Waals surface area contributed by atoms with Crippen LogP contribution in [-0.2, 0) is 4.74 Å². The first kappa shape index (κ1) is 23.3. The van der Waals surface area contributed by atoms with E-state index in [4.69, 9.17) is 14.2 Å². The molecule has 2 atom stereocenters. The van der Waals surface area contributed by atoms with Crippen molar-refractivity contribution in [1.82, 2.24) is 5.32 Å². The van der Waals surface area contributed by atoms with Crippen LogP contribution in [0.4, 0.5) is 0 Å². The van der Waals surface area contributed by atoms with Crippen molar-refractivity contribution in [3.05, 3.63) is 58.7 Å². The highest BCUT2D eigenvalue weighted by atomic mass is 16.5. The summed E-state index contributed by atoms with van der Waals surface area (Å²) in [5.41, 5.74) is 2.50. The first-order valence-corrected chi connectivity index (χ1v) is 10.4. The lowest BCUT2D eigenvalue weighted by Crippen LogP contribution is -2.20. The molecule has 1 aliphatic rings. The Morgan fingerprint density at radius 1 is 1.17 bits per heavy atom. The highest BCUT2D eigenvalue weighted by Gasteiger charge is 2.38. The van der Waals surface area contributed by atoms with Crippen LogP contribution in [0.1, 0.15) is 73.3 Å². The number of rotatable bonds is 6. The Hall–Kier alpha value is -3.02. The number of nitrogens with one attached hydrogen (secondary N) is 1. The van der Waals surface area contributed by atoms with Crippen molar-refractivity contribution < 1.29 is 25.2 Å². The van der Waals surface area contributed by atoms with Crippen LogP contribution in [-0.4, -0.2) is 38.7 Å². The quantitative estimate of drug-likeness (QED) is 0.686. The van der Waals surface area contributed by atoms with Crippen LogP contribution in [0.3, 0.4) is 0 Å². The van der Waals surface area contributed by atoms with Crippen LogP contribution >= 0.6 is 0 Å². The zero-order valence-corrected chi connectivity index (χ0v) is 18.6. The second-order valence-corrected chi connectivity index (χ2v) is 6.56. The predicted molar refractivity (Wildman–Crippen MR) is 119 cm³/mol. The minimum atomic E-state index is -0.459. The van der Waals surface area contributed by atoms with Gasteiger partial charge in [0.15, 0.2) is 0 Å². The molecule has 6 nitrogen and oxygen atoms in total. The topological polar surface area (TPSA) is 73.9 Å². The number of methoxy groups -OCH3 is 1. The monoisotopic (exact) mass is 415 g/mol. The van der Waals surface area contributed by atoms with Gasteiger partial charge >= 0.3 is 5.97 Å². The molecule has 2 aromatic carbocycles. The molecule has 6 heteroatoms. The molecule has 0 saturated carbocycles. The van der Waals surface area contributed by atoms with Crippen LogP contribution in [0.5, 0.6) is 11.5 Å². The average Bonchev–Trinajstić information content (AvgIpc) is 3.18. The Kier molecular flexibility index (Phi) is 8.27. The van der Waals surface area contributed by atoms with E-state index in [1.807, 2.05) is 45.0 Å². The number of hydrogen-bond donors (Lipinski definition) is 1. The van der Waals surface area contributed by atoms with E-state index >= 15 is 0 Å². The van der Waals surface area contributed by atoms with Crippen LogP contribution in [0.2, 0.25) is 0 Å². The van der Waals surface area contributed by atoms with E-state index in [0.29, 0.717) is 16.9 Å². The second kappa shape index (κ2) is 10.7. The third kappa shape index (κ3) is 4.58. The maximum atomic E-state index is 12.5. The van der Waals surface area contributed by atoms with Gasteiger partial charge in [0.2, 0.25) is 0 Å². The summed E-state index contributed by atoms with van der Waals surface area (Å²) in [6.45, 7) is 8.05. The van der Waals surface area contributed by atoms with E-state index in [2.05, 4.69) is 5.32 Å². The molecule has 0 saturated heterocycles. The standard InChI is InChI=1S/C22H25NO5.C2H6.H2/c1-5-18-19(13-8-7-9-15(10-13)26-4)16-11-14(22(25)27-6-2)12-17(20(16)28-18)21(24)23-3;1-2;/h7-12,18-19H,5-6H2,1-4H3,(H,23,24);1-2H3;1H/t18-,19+;;/m1../s1. The van der Waals surface area contributed by atoms with Gasteiger partial charge in [0, 0.05) is 20.0 Å². The lowest BCUT2D eigenvalue weighted by atomic mass is 9.85. The van der Waals surface area contributed by atoms with Gasteiger partial charge in [0.05, 0.1) is 24.8 Å². The number of carbonyl (C=O) groups excluding carboxylic acids is 2. The molecule has 0 spiro atoms. The van der Waals surface area contributed by atoms with Crippen molar-refractivity contribution in [2.45, 2.75) is 46.1 Å². The number of benzene rings is 2. The molecule has 0 aliphatic carbocycles. The molecular formula is C24H33NO5. The van der Waals surface area contributed by atoms with Crippen molar-refractivity contribution in [2.24, 2.45) is 0 Å². The van der Waals surface area contributed by atoms with Crippen molar-refractivity contribution >= 4 is 11.9 Å². The number of amides is 1. The van der Waals surface area contributed by atoms with Gasteiger partial charge in [-0.2, -0.15) is 0 Å². The van der Waals surface area contributed by atoms with Gasteiger partial charge < -0.3 is 19.5 Å². The number of ether oxygens (including phenoxy) is 3. The van der Waals surface area contributed by atoms with Crippen LogP contribution in [0.15, 0.2) is 36.4 Å². The zero-order valence-electron chi connectivity index (χ0n) is 18.6. The molecule has 1 aliphatic heterocycles. The van der Waals surface area contributed by atoms with Gasteiger partial charge in [-0.1, -0.05) is 32.9 Å². The third-order valence-electron chi connectivity index (χ3n) is 4.93. The molecule has 0 fully saturated rings. The highest BCUT2D eigenvalue weighted by molar-refractivity contribution is 6.01.